The monoisotopic (exact) mass is 255 g/mol. The lowest BCUT2D eigenvalue weighted by Gasteiger charge is -2.20. The molecule has 0 bridgehead atoms. The number of oxime groups is 1. The van der Waals surface area contributed by atoms with E-state index in [9.17, 15) is 9.59 Å². The lowest BCUT2D eigenvalue weighted by atomic mass is 10.1. The van der Waals surface area contributed by atoms with Crippen LogP contribution in [0.1, 0.15) is 19.3 Å². The van der Waals surface area contributed by atoms with Crippen molar-refractivity contribution >= 4 is 17.6 Å². The van der Waals surface area contributed by atoms with Gasteiger partial charge in [0.15, 0.2) is 5.71 Å². The van der Waals surface area contributed by atoms with E-state index in [-0.39, 0.29) is 18.0 Å². The van der Waals surface area contributed by atoms with Crippen molar-refractivity contribution in [1.29, 1.82) is 0 Å². The normalized spacial score (nSPS) is 27.7. The van der Waals surface area contributed by atoms with Gasteiger partial charge in [0.2, 0.25) is 6.10 Å². The van der Waals surface area contributed by atoms with Gasteiger partial charge in [-0.2, -0.15) is 0 Å². The van der Waals surface area contributed by atoms with Crippen LogP contribution in [-0.4, -0.2) is 59.9 Å². The van der Waals surface area contributed by atoms with Gasteiger partial charge in [-0.3, -0.25) is 4.79 Å². The highest BCUT2D eigenvalue weighted by molar-refractivity contribution is 6.36. The van der Waals surface area contributed by atoms with Crippen LogP contribution < -0.4 is 5.32 Å². The lowest BCUT2D eigenvalue weighted by Crippen LogP contribution is -2.42. The largest absolute Gasteiger partial charge is 0.477 e. The maximum Gasteiger partial charge on any atom is 0.353 e. The van der Waals surface area contributed by atoms with Gasteiger partial charge in [-0.1, -0.05) is 5.16 Å². The number of rotatable bonds is 4. The Kier molecular flexibility index (Phi) is 3.81. The first-order chi connectivity index (χ1) is 8.58. The van der Waals surface area contributed by atoms with E-state index in [0.29, 0.717) is 12.6 Å². The molecular weight excluding hydrogens is 238 g/mol. The number of amides is 1. The van der Waals surface area contributed by atoms with Crippen LogP contribution in [0.25, 0.3) is 0 Å². The second-order valence-electron chi connectivity index (χ2n) is 4.66. The van der Waals surface area contributed by atoms with Crippen molar-refractivity contribution in [3.8, 4) is 0 Å². The number of hydrogen-bond donors (Lipinski definition) is 2. The highest BCUT2D eigenvalue weighted by atomic mass is 16.6. The molecule has 2 atom stereocenters. The molecule has 0 aliphatic carbocycles. The predicted molar refractivity (Wildman–Crippen MR) is 63.2 cm³/mol. The van der Waals surface area contributed by atoms with Gasteiger partial charge in [0.05, 0.1) is 0 Å². The van der Waals surface area contributed by atoms with Gasteiger partial charge in [0.25, 0.3) is 5.91 Å². The van der Waals surface area contributed by atoms with Crippen molar-refractivity contribution in [2.75, 3.05) is 20.1 Å². The molecule has 2 aliphatic rings. The summed E-state index contributed by atoms with van der Waals surface area (Å²) in [5.74, 6) is -1.43. The number of nitrogens with one attached hydrogen (secondary N) is 1. The van der Waals surface area contributed by atoms with Gasteiger partial charge in [-0.15, -0.1) is 0 Å². The van der Waals surface area contributed by atoms with E-state index in [1.165, 1.54) is 0 Å². The molecule has 2 rings (SSSR count). The first-order valence-corrected chi connectivity index (χ1v) is 6.02. The van der Waals surface area contributed by atoms with Gasteiger partial charge < -0.3 is 20.2 Å². The van der Waals surface area contributed by atoms with Crippen molar-refractivity contribution in [1.82, 2.24) is 10.2 Å². The third-order valence-corrected chi connectivity index (χ3v) is 3.39. The van der Waals surface area contributed by atoms with Crippen molar-refractivity contribution in [2.45, 2.75) is 31.4 Å². The van der Waals surface area contributed by atoms with E-state index in [4.69, 9.17) is 9.94 Å². The van der Waals surface area contributed by atoms with E-state index < -0.39 is 12.1 Å². The number of carboxylic acids is 1. The summed E-state index contributed by atoms with van der Waals surface area (Å²) in [6, 6.07) is 0.357. The molecule has 2 aliphatic heterocycles. The van der Waals surface area contributed by atoms with Crippen LogP contribution >= 0.6 is 0 Å². The van der Waals surface area contributed by atoms with Crippen molar-refractivity contribution in [2.24, 2.45) is 5.16 Å². The summed E-state index contributed by atoms with van der Waals surface area (Å²) in [7, 11) is 2.03. The molecule has 7 nitrogen and oxygen atoms in total. The summed E-state index contributed by atoms with van der Waals surface area (Å²) in [6.07, 6.45) is 1.44. The second-order valence-corrected chi connectivity index (χ2v) is 4.66. The maximum absolute atomic E-state index is 11.8. The Hall–Kier alpha value is -1.63. The number of nitrogens with zero attached hydrogens (tertiary/aromatic N) is 2. The Bertz CT molecular complexity index is 382. The first kappa shape index (κ1) is 12.8. The third kappa shape index (κ3) is 2.79. The van der Waals surface area contributed by atoms with Crippen LogP contribution in [0.5, 0.6) is 0 Å². The first-order valence-electron chi connectivity index (χ1n) is 6.02. The van der Waals surface area contributed by atoms with Crippen molar-refractivity contribution < 1.29 is 19.5 Å². The molecule has 0 spiro atoms. The molecule has 0 aromatic carbocycles. The zero-order valence-electron chi connectivity index (χ0n) is 10.3. The molecule has 0 radical (unpaired) electrons. The van der Waals surface area contributed by atoms with Crippen molar-refractivity contribution in [3.63, 3.8) is 0 Å². The van der Waals surface area contributed by atoms with Gasteiger partial charge >= 0.3 is 5.97 Å². The third-order valence-electron chi connectivity index (χ3n) is 3.39. The van der Waals surface area contributed by atoms with E-state index in [2.05, 4.69) is 15.4 Å². The Morgan fingerprint density at radius 3 is 2.94 bits per heavy atom. The van der Waals surface area contributed by atoms with Gasteiger partial charge in [-0.05, 0) is 26.4 Å². The molecule has 0 aromatic heterocycles. The standard InChI is InChI=1S/C11H17N3O4/c1-14-4-2-3-7(14)6-12-10(15)9-5-8(11(16)17)13-18-9/h7,9H,2-6H2,1H3,(H,12,15)(H,16,17). The van der Waals surface area contributed by atoms with E-state index in [1.54, 1.807) is 0 Å². The molecule has 0 aromatic rings. The quantitative estimate of drug-likeness (QED) is 0.701. The molecule has 2 heterocycles. The average Bonchev–Trinajstić information content (AvgIpc) is 2.94. The summed E-state index contributed by atoms with van der Waals surface area (Å²) in [5, 5.41) is 14.9. The molecule has 1 saturated heterocycles. The summed E-state index contributed by atoms with van der Waals surface area (Å²) >= 11 is 0. The summed E-state index contributed by atoms with van der Waals surface area (Å²) in [5.41, 5.74) is -0.104. The molecule has 1 fully saturated rings. The van der Waals surface area contributed by atoms with Crippen LogP contribution in [0.15, 0.2) is 5.16 Å². The SMILES string of the molecule is CN1CCCC1CNC(=O)C1CC(C(=O)O)=NO1. The van der Waals surface area contributed by atoms with Crippen LogP contribution in [0.2, 0.25) is 0 Å². The zero-order valence-corrected chi connectivity index (χ0v) is 10.3. The fourth-order valence-corrected chi connectivity index (χ4v) is 2.21. The van der Waals surface area contributed by atoms with Crippen LogP contribution in [0, 0.1) is 0 Å². The summed E-state index contributed by atoms with van der Waals surface area (Å²) < 4.78 is 0. The van der Waals surface area contributed by atoms with E-state index >= 15 is 0 Å². The summed E-state index contributed by atoms with van der Waals surface area (Å²) in [6.45, 7) is 1.62. The predicted octanol–water partition coefficient (Wildman–Crippen LogP) is -0.574. The highest BCUT2D eigenvalue weighted by Gasteiger charge is 2.32. The average molecular weight is 255 g/mol. The van der Waals surface area contributed by atoms with Crippen LogP contribution in [0.4, 0.5) is 0 Å². The fraction of sp³-hybridized carbons (Fsp3) is 0.727. The highest BCUT2D eigenvalue weighted by Crippen LogP contribution is 2.14. The van der Waals surface area contributed by atoms with Crippen molar-refractivity contribution in [3.05, 3.63) is 0 Å². The Labute approximate surface area is 105 Å². The lowest BCUT2D eigenvalue weighted by molar-refractivity contribution is -0.131. The molecule has 2 unspecified atom stereocenters. The number of carbonyl (C=O) groups excluding carboxylic acids is 1. The van der Waals surface area contributed by atoms with E-state index in [1.807, 2.05) is 7.05 Å². The molecule has 1 amide bonds. The Balaban J connectivity index is 1.75. The number of hydrogen-bond acceptors (Lipinski definition) is 5. The van der Waals surface area contributed by atoms with Gasteiger partial charge in [0, 0.05) is 19.0 Å². The number of carboxylic acid groups (broad SMARTS) is 1. The smallest absolute Gasteiger partial charge is 0.353 e. The minimum absolute atomic E-state index is 0.0294. The van der Waals surface area contributed by atoms with Crippen LogP contribution in [0.3, 0.4) is 0 Å². The van der Waals surface area contributed by atoms with Gasteiger partial charge in [0.1, 0.15) is 0 Å². The number of likely N-dealkylation sites (N-methyl/N-ethyl adjacent to an activating group) is 1. The Morgan fingerprint density at radius 2 is 2.39 bits per heavy atom. The molecule has 100 valence electrons. The fourth-order valence-electron chi connectivity index (χ4n) is 2.21. The van der Waals surface area contributed by atoms with Gasteiger partial charge in [-0.25, -0.2) is 4.79 Å². The minimum Gasteiger partial charge on any atom is -0.477 e. The minimum atomic E-state index is -1.14. The molecule has 2 N–H and O–H groups in total. The zero-order chi connectivity index (χ0) is 13.1. The Morgan fingerprint density at radius 1 is 1.61 bits per heavy atom. The molecular formula is C11H17N3O4. The number of likely N-dealkylation sites (tertiary alicyclic amines) is 1. The molecule has 7 heteroatoms. The molecule has 0 saturated carbocycles. The maximum atomic E-state index is 11.8. The molecule has 18 heavy (non-hydrogen) atoms. The van der Waals surface area contributed by atoms with Crippen LogP contribution in [-0.2, 0) is 14.4 Å². The number of aliphatic carboxylic acids is 1. The van der Waals surface area contributed by atoms with E-state index in [0.717, 1.165) is 19.4 Å². The topological polar surface area (TPSA) is 91.2 Å². The number of carbonyl (C=O) groups is 2. The summed E-state index contributed by atoms with van der Waals surface area (Å²) in [4.78, 5) is 29.4. The second kappa shape index (κ2) is 5.34.